The number of aliphatic carboxylic acids is 1. The topological polar surface area (TPSA) is 184 Å². The molecule has 1 saturated heterocycles. The van der Waals surface area contributed by atoms with Crippen LogP contribution in [0, 0.1) is 0 Å². The summed E-state index contributed by atoms with van der Waals surface area (Å²) in [7, 11) is 0. The summed E-state index contributed by atoms with van der Waals surface area (Å²) in [5.41, 5.74) is 5.21. The van der Waals surface area contributed by atoms with E-state index in [9.17, 15) is 19.5 Å². The highest BCUT2D eigenvalue weighted by Crippen LogP contribution is 2.21. The molecule has 1 aliphatic heterocycles. The van der Waals surface area contributed by atoms with Gasteiger partial charge < -0.3 is 36.0 Å². The second-order valence-electron chi connectivity index (χ2n) is 6.38. The third kappa shape index (κ3) is 5.81. The van der Waals surface area contributed by atoms with Crippen LogP contribution in [0.15, 0.2) is 4.52 Å². The predicted molar refractivity (Wildman–Crippen MR) is 91.7 cm³/mol. The number of carboxylic acids is 1. The van der Waals surface area contributed by atoms with Crippen molar-refractivity contribution in [2.75, 3.05) is 18.0 Å². The number of primary amides is 1. The molecule has 0 aromatic carbocycles. The van der Waals surface area contributed by atoms with Gasteiger partial charge in [-0.25, -0.2) is 9.59 Å². The van der Waals surface area contributed by atoms with Crippen LogP contribution in [0.5, 0.6) is 0 Å². The Labute approximate surface area is 155 Å². The lowest BCUT2D eigenvalue weighted by Gasteiger charge is -2.24. The minimum Gasteiger partial charge on any atom is -0.480 e. The monoisotopic (exact) mass is 384 g/mol. The van der Waals surface area contributed by atoms with Crippen LogP contribution in [0.3, 0.4) is 0 Å². The second kappa shape index (κ2) is 9.16. The molecule has 12 nitrogen and oxygen atoms in total. The molecule has 2 heterocycles. The van der Waals surface area contributed by atoms with Gasteiger partial charge in [0.1, 0.15) is 6.04 Å². The van der Waals surface area contributed by atoms with E-state index < -0.39 is 36.1 Å². The Hall–Kier alpha value is -2.89. The molecule has 3 atom stereocenters. The summed E-state index contributed by atoms with van der Waals surface area (Å²) in [5, 5.41) is 26.8. The SMILES string of the molecule is CC(O)C(NC(=O)N[C@@H](CC(N)=O)c1nc(N2CCCCC2)no1)C(=O)O. The van der Waals surface area contributed by atoms with Gasteiger partial charge in [0.15, 0.2) is 6.04 Å². The number of aliphatic hydroxyl groups is 1. The lowest BCUT2D eigenvalue weighted by atomic mass is 10.1. The number of amides is 3. The first-order valence-electron chi connectivity index (χ1n) is 8.62. The molecule has 0 aliphatic carbocycles. The fraction of sp³-hybridized carbons (Fsp3) is 0.667. The van der Waals surface area contributed by atoms with Crippen molar-refractivity contribution in [2.24, 2.45) is 5.73 Å². The molecule has 3 amide bonds. The molecule has 2 unspecified atom stereocenters. The number of piperidine rings is 1. The molecule has 0 spiro atoms. The molecule has 2 rings (SSSR count). The van der Waals surface area contributed by atoms with Crippen molar-refractivity contribution >= 4 is 23.9 Å². The first kappa shape index (κ1) is 20.4. The summed E-state index contributed by atoms with van der Waals surface area (Å²) in [6, 6.07) is -3.48. The highest BCUT2D eigenvalue weighted by Gasteiger charge is 2.29. The summed E-state index contributed by atoms with van der Waals surface area (Å²) in [4.78, 5) is 40.6. The molecule has 0 bridgehead atoms. The number of nitrogens with one attached hydrogen (secondary N) is 2. The third-order valence-electron chi connectivity index (χ3n) is 4.11. The molecule has 12 heteroatoms. The number of aromatic nitrogens is 2. The number of nitrogens with two attached hydrogens (primary N) is 1. The van der Waals surface area contributed by atoms with Crippen molar-refractivity contribution < 1.29 is 29.1 Å². The minimum atomic E-state index is -1.52. The van der Waals surface area contributed by atoms with Gasteiger partial charge in [-0.3, -0.25) is 4.79 Å². The predicted octanol–water partition coefficient (Wildman–Crippen LogP) is -0.890. The number of anilines is 1. The largest absolute Gasteiger partial charge is 0.480 e. The molecule has 27 heavy (non-hydrogen) atoms. The van der Waals surface area contributed by atoms with Gasteiger partial charge in [0.2, 0.25) is 5.91 Å². The van der Waals surface area contributed by atoms with Gasteiger partial charge >= 0.3 is 12.0 Å². The number of hydrogen-bond acceptors (Lipinski definition) is 8. The van der Waals surface area contributed by atoms with Crippen LogP contribution in [0.2, 0.25) is 0 Å². The Bertz CT molecular complexity index is 672. The van der Waals surface area contributed by atoms with E-state index in [-0.39, 0.29) is 12.3 Å². The number of aliphatic hydroxyl groups excluding tert-OH is 1. The van der Waals surface area contributed by atoms with E-state index in [0.717, 1.165) is 32.4 Å². The standard InChI is InChI=1S/C15H24N6O6/c1-8(22)11(13(24)25)18-15(26)17-9(7-10(16)23)12-19-14(20-27-12)21-5-3-2-4-6-21/h8-9,11,22H,2-7H2,1H3,(H2,16,23)(H,24,25)(H2,17,18,26)/t8?,9-,11?/m0/s1. The average molecular weight is 384 g/mol. The van der Waals surface area contributed by atoms with Crippen molar-refractivity contribution in [3.05, 3.63) is 5.89 Å². The van der Waals surface area contributed by atoms with Gasteiger partial charge in [-0.15, -0.1) is 0 Å². The molecule has 1 aromatic heterocycles. The molecule has 1 aromatic rings. The van der Waals surface area contributed by atoms with Crippen LogP contribution in [-0.4, -0.2) is 63.5 Å². The highest BCUT2D eigenvalue weighted by atomic mass is 16.5. The number of urea groups is 1. The van der Waals surface area contributed by atoms with E-state index in [2.05, 4.69) is 20.8 Å². The van der Waals surface area contributed by atoms with E-state index in [1.54, 1.807) is 0 Å². The Balaban J connectivity index is 2.08. The zero-order valence-corrected chi connectivity index (χ0v) is 14.9. The Morgan fingerprint density at radius 3 is 2.48 bits per heavy atom. The number of carbonyl (C=O) groups is 3. The number of nitrogens with zero attached hydrogens (tertiary/aromatic N) is 3. The number of rotatable bonds is 8. The van der Waals surface area contributed by atoms with Crippen LogP contribution in [-0.2, 0) is 9.59 Å². The van der Waals surface area contributed by atoms with Crippen LogP contribution in [0.4, 0.5) is 10.7 Å². The molecule has 1 aliphatic rings. The molecular weight excluding hydrogens is 360 g/mol. The van der Waals surface area contributed by atoms with E-state index in [1.807, 2.05) is 4.90 Å². The average Bonchev–Trinajstić information content (AvgIpc) is 3.09. The lowest BCUT2D eigenvalue weighted by molar-refractivity contribution is -0.141. The molecule has 0 saturated carbocycles. The van der Waals surface area contributed by atoms with Gasteiger partial charge in [-0.1, -0.05) is 0 Å². The second-order valence-corrected chi connectivity index (χ2v) is 6.38. The maximum atomic E-state index is 12.1. The first-order valence-corrected chi connectivity index (χ1v) is 8.62. The van der Waals surface area contributed by atoms with Crippen molar-refractivity contribution in [1.82, 2.24) is 20.8 Å². The summed E-state index contributed by atoms with van der Waals surface area (Å²) < 4.78 is 5.16. The van der Waals surface area contributed by atoms with E-state index in [0.29, 0.717) is 5.95 Å². The Kier molecular flexibility index (Phi) is 6.93. The van der Waals surface area contributed by atoms with Crippen molar-refractivity contribution in [3.63, 3.8) is 0 Å². The number of carbonyl (C=O) groups excluding carboxylic acids is 2. The normalized spacial score (nSPS) is 17.6. The van der Waals surface area contributed by atoms with Crippen molar-refractivity contribution in [3.8, 4) is 0 Å². The molecule has 150 valence electrons. The fourth-order valence-corrected chi connectivity index (χ4v) is 2.72. The van der Waals surface area contributed by atoms with Gasteiger partial charge in [0, 0.05) is 13.1 Å². The summed E-state index contributed by atoms with van der Waals surface area (Å²) in [6.07, 6.45) is 1.50. The molecular formula is C15H24N6O6. The highest BCUT2D eigenvalue weighted by molar-refractivity contribution is 5.83. The van der Waals surface area contributed by atoms with Gasteiger partial charge in [0.05, 0.1) is 12.5 Å². The van der Waals surface area contributed by atoms with Crippen LogP contribution in [0.1, 0.15) is 44.5 Å². The minimum absolute atomic E-state index is 0.0200. The Morgan fingerprint density at radius 1 is 1.26 bits per heavy atom. The van der Waals surface area contributed by atoms with Crippen molar-refractivity contribution in [1.29, 1.82) is 0 Å². The Morgan fingerprint density at radius 2 is 1.93 bits per heavy atom. The molecule has 1 fully saturated rings. The maximum absolute atomic E-state index is 12.1. The van der Waals surface area contributed by atoms with Crippen molar-refractivity contribution in [2.45, 2.75) is 50.8 Å². The molecule has 6 N–H and O–H groups in total. The fourth-order valence-electron chi connectivity index (χ4n) is 2.72. The van der Waals surface area contributed by atoms with Crippen LogP contribution < -0.4 is 21.3 Å². The van der Waals surface area contributed by atoms with Gasteiger partial charge in [-0.2, -0.15) is 4.98 Å². The van der Waals surface area contributed by atoms with E-state index in [1.165, 1.54) is 6.92 Å². The van der Waals surface area contributed by atoms with Gasteiger partial charge in [0.25, 0.3) is 11.8 Å². The van der Waals surface area contributed by atoms with Crippen LogP contribution in [0.25, 0.3) is 0 Å². The van der Waals surface area contributed by atoms with Gasteiger partial charge in [-0.05, 0) is 31.3 Å². The zero-order chi connectivity index (χ0) is 20.0. The van der Waals surface area contributed by atoms with E-state index in [4.69, 9.17) is 15.4 Å². The smallest absolute Gasteiger partial charge is 0.328 e. The first-order chi connectivity index (χ1) is 12.8. The summed E-state index contributed by atoms with van der Waals surface area (Å²) in [6.45, 7) is 2.78. The number of hydrogen-bond donors (Lipinski definition) is 5. The van der Waals surface area contributed by atoms with E-state index >= 15 is 0 Å². The maximum Gasteiger partial charge on any atom is 0.328 e. The van der Waals surface area contributed by atoms with Crippen LogP contribution >= 0.6 is 0 Å². The summed E-state index contributed by atoms with van der Waals surface area (Å²) in [5.74, 6) is -1.79. The lowest BCUT2D eigenvalue weighted by Crippen LogP contribution is -2.52. The zero-order valence-electron chi connectivity index (χ0n) is 14.9. The third-order valence-corrected chi connectivity index (χ3v) is 4.11. The number of carboxylic acid groups (broad SMARTS) is 1. The summed E-state index contributed by atoms with van der Waals surface area (Å²) >= 11 is 0. The quantitative estimate of drug-likeness (QED) is 0.379. The molecule has 0 radical (unpaired) electrons.